The summed E-state index contributed by atoms with van der Waals surface area (Å²) in [5.41, 5.74) is 8.29. The predicted octanol–water partition coefficient (Wildman–Crippen LogP) is 2.65. The largest absolute Gasteiger partial charge is 0.710 e. The van der Waals surface area contributed by atoms with Gasteiger partial charge < -0.3 is 30.7 Å². The van der Waals surface area contributed by atoms with Gasteiger partial charge in [0.25, 0.3) is 0 Å². The van der Waals surface area contributed by atoms with Gasteiger partial charge in [-0.3, -0.25) is 4.79 Å². The van der Waals surface area contributed by atoms with Crippen molar-refractivity contribution in [2.75, 3.05) is 6.54 Å². The summed E-state index contributed by atoms with van der Waals surface area (Å²) in [4.78, 5) is 26.6. The van der Waals surface area contributed by atoms with Crippen LogP contribution >= 0.6 is 0 Å². The number of likely N-dealkylation sites (tertiary alicyclic amines) is 1. The summed E-state index contributed by atoms with van der Waals surface area (Å²) < 4.78 is 5.30. The minimum atomic E-state index is -1.34. The van der Waals surface area contributed by atoms with Crippen LogP contribution < -0.4 is 5.32 Å². The number of aliphatic hydroxyl groups is 1. The molecule has 0 aromatic carbocycles. The smallest absolute Gasteiger partial charge is 0.408 e. The molecule has 1 rings (SSSR count). The van der Waals surface area contributed by atoms with E-state index in [1.807, 2.05) is 34.6 Å². The van der Waals surface area contributed by atoms with Crippen LogP contribution in [-0.2, 0) is 9.53 Å². The standard InChI is InChI=1S/C17H31N4O4/c1-6-8-11(2)25-16(24)19-13(17(3,4)5)15(23)21-10-7-9-12(21)14(22)20-18/h11-14,22H,6-10H2,1-5H3,(H,19,24)/q-1/t11?,12?,13-,14?/m1/s1. The van der Waals surface area contributed by atoms with E-state index < -0.39 is 29.8 Å². The van der Waals surface area contributed by atoms with Crippen molar-refractivity contribution < 1.29 is 19.4 Å². The van der Waals surface area contributed by atoms with Gasteiger partial charge in [0.05, 0.1) is 6.04 Å². The van der Waals surface area contributed by atoms with Gasteiger partial charge in [-0.2, -0.15) is 0 Å². The van der Waals surface area contributed by atoms with Crippen LogP contribution in [0.15, 0.2) is 5.11 Å². The van der Waals surface area contributed by atoms with Crippen LogP contribution in [-0.4, -0.2) is 53.0 Å². The van der Waals surface area contributed by atoms with E-state index in [9.17, 15) is 14.7 Å². The fourth-order valence-corrected chi connectivity index (χ4v) is 3.07. The molecule has 0 spiro atoms. The molecule has 1 fully saturated rings. The van der Waals surface area contributed by atoms with E-state index >= 15 is 0 Å². The van der Waals surface area contributed by atoms with Crippen LogP contribution in [0.3, 0.4) is 0 Å². The average molecular weight is 355 g/mol. The number of aliphatic hydroxyl groups excluding tert-OH is 1. The molecule has 3 unspecified atom stereocenters. The lowest BCUT2D eigenvalue weighted by Crippen LogP contribution is -2.57. The maximum Gasteiger partial charge on any atom is 0.408 e. The molecule has 25 heavy (non-hydrogen) atoms. The zero-order chi connectivity index (χ0) is 19.2. The number of alkyl carbamates (subject to hydrolysis) is 1. The number of amides is 2. The molecule has 0 aromatic rings. The monoisotopic (exact) mass is 355 g/mol. The molecule has 2 amide bonds. The van der Waals surface area contributed by atoms with Crippen LogP contribution in [0, 0.1) is 5.41 Å². The molecule has 2 N–H and O–H groups in total. The molecule has 8 heteroatoms. The van der Waals surface area contributed by atoms with E-state index in [4.69, 9.17) is 10.3 Å². The van der Waals surface area contributed by atoms with Crippen LogP contribution in [0.5, 0.6) is 0 Å². The lowest BCUT2D eigenvalue weighted by molar-refractivity contribution is -0.139. The first kappa shape index (κ1) is 21.3. The summed E-state index contributed by atoms with van der Waals surface area (Å²) in [6, 6.07) is -1.39. The van der Waals surface area contributed by atoms with Crippen LogP contribution in [0.25, 0.3) is 5.53 Å². The summed E-state index contributed by atoms with van der Waals surface area (Å²) in [5.74, 6) is -0.308. The molecule has 1 aliphatic heterocycles. The Labute approximate surface area is 149 Å². The Hall–Kier alpha value is -1.70. The fourth-order valence-electron chi connectivity index (χ4n) is 3.07. The van der Waals surface area contributed by atoms with Gasteiger partial charge in [-0.25, -0.2) is 4.79 Å². The fraction of sp³-hybridized carbons (Fsp3) is 0.882. The van der Waals surface area contributed by atoms with Crippen molar-refractivity contribution >= 4 is 12.0 Å². The van der Waals surface area contributed by atoms with E-state index in [1.54, 1.807) is 0 Å². The third kappa shape index (κ3) is 5.95. The molecule has 4 atom stereocenters. The van der Waals surface area contributed by atoms with Gasteiger partial charge in [0.15, 0.2) is 0 Å². The number of nitrogens with zero attached hydrogens (tertiary/aromatic N) is 3. The van der Waals surface area contributed by atoms with Crippen molar-refractivity contribution in [2.24, 2.45) is 10.5 Å². The molecular formula is C17H31N4O4-. The Balaban J connectivity index is 2.86. The number of carbonyl (C=O) groups is 2. The maximum absolute atomic E-state index is 13.0. The van der Waals surface area contributed by atoms with Crippen LogP contribution in [0.1, 0.15) is 60.3 Å². The Bertz CT molecular complexity index is 478. The normalized spacial score (nSPS) is 21.4. The summed E-state index contributed by atoms with van der Waals surface area (Å²) in [7, 11) is 0. The first-order valence-electron chi connectivity index (χ1n) is 8.91. The maximum atomic E-state index is 13.0. The molecule has 0 radical (unpaired) electrons. The van der Waals surface area contributed by atoms with E-state index in [-0.39, 0.29) is 12.0 Å². The predicted molar refractivity (Wildman–Crippen MR) is 93.8 cm³/mol. The number of carbonyl (C=O) groups excluding carboxylic acids is 2. The average Bonchev–Trinajstić information content (AvgIpc) is 2.99. The molecule has 0 bridgehead atoms. The number of rotatable bonds is 7. The lowest BCUT2D eigenvalue weighted by Gasteiger charge is -2.36. The Morgan fingerprint density at radius 2 is 2.08 bits per heavy atom. The van der Waals surface area contributed by atoms with Crippen LogP contribution in [0.4, 0.5) is 4.79 Å². The highest BCUT2D eigenvalue weighted by molar-refractivity contribution is 5.87. The molecule has 1 aliphatic rings. The summed E-state index contributed by atoms with van der Waals surface area (Å²) in [6.45, 7) is 9.82. The molecule has 1 heterocycles. The molecule has 0 aromatic heterocycles. The van der Waals surface area contributed by atoms with Gasteiger partial charge in [-0.15, -0.1) is 0 Å². The second-order valence-electron chi connectivity index (χ2n) is 7.72. The van der Waals surface area contributed by atoms with Gasteiger partial charge in [0.2, 0.25) is 5.91 Å². The summed E-state index contributed by atoms with van der Waals surface area (Å²) in [5, 5.41) is 15.4. The number of ether oxygens (including phenoxy) is 1. The van der Waals surface area contributed by atoms with Gasteiger partial charge in [-0.05, 0) is 31.6 Å². The molecule has 0 aliphatic carbocycles. The minimum Gasteiger partial charge on any atom is -0.710 e. The number of hydrogen-bond donors (Lipinski definition) is 2. The highest BCUT2D eigenvalue weighted by Gasteiger charge is 2.41. The lowest BCUT2D eigenvalue weighted by atomic mass is 9.85. The van der Waals surface area contributed by atoms with Crippen molar-refractivity contribution in [3.05, 3.63) is 5.53 Å². The molecule has 144 valence electrons. The topological polar surface area (TPSA) is 114 Å². The molecule has 1 saturated heterocycles. The summed E-state index contributed by atoms with van der Waals surface area (Å²) in [6.07, 6.45) is 0.703. The highest BCUT2D eigenvalue weighted by Crippen LogP contribution is 2.27. The van der Waals surface area contributed by atoms with Crippen molar-refractivity contribution in [2.45, 2.75) is 84.7 Å². The Morgan fingerprint density at radius 1 is 1.44 bits per heavy atom. The Morgan fingerprint density at radius 3 is 2.60 bits per heavy atom. The zero-order valence-corrected chi connectivity index (χ0v) is 15.9. The molecule has 8 nitrogen and oxygen atoms in total. The molecule has 0 saturated carbocycles. The second-order valence-corrected chi connectivity index (χ2v) is 7.72. The number of nitrogens with one attached hydrogen (secondary N) is 1. The third-order valence-electron chi connectivity index (χ3n) is 4.42. The van der Waals surface area contributed by atoms with Gasteiger partial charge in [0, 0.05) is 6.54 Å². The van der Waals surface area contributed by atoms with E-state index in [2.05, 4.69) is 10.4 Å². The van der Waals surface area contributed by atoms with Crippen molar-refractivity contribution in [3.63, 3.8) is 0 Å². The van der Waals surface area contributed by atoms with Gasteiger partial charge in [0.1, 0.15) is 18.4 Å². The third-order valence-corrected chi connectivity index (χ3v) is 4.42. The van der Waals surface area contributed by atoms with E-state index in [0.717, 1.165) is 12.8 Å². The zero-order valence-electron chi connectivity index (χ0n) is 15.9. The van der Waals surface area contributed by atoms with Crippen molar-refractivity contribution in [1.82, 2.24) is 10.2 Å². The highest BCUT2D eigenvalue weighted by atomic mass is 16.6. The second kappa shape index (κ2) is 9.12. The van der Waals surface area contributed by atoms with E-state index in [1.165, 1.54) is 4.90 Å². The van der Waals surface area contributed by atoms with Gasteiger partial charge >= 0.3 is 6.09 Å². The minimum absolute atomic E-state index is 0.227. The first-order valence-corrected chi connectivity index (χ1v) is 8.91. The summed E-state index contributed by atoms with van der Waals surface area (Å²) >= 11 is 0. The molecular weight excluding hydrogens is 324 g/mol. The SMILES string of the molecule is CCCC(C)OC(=O)N[C@H](C(=O)N1CCCC1C(O)N=[N-])C(C)(C)C. The number of hydrogen-bond acceptors (Lipinski definition) is 5. The quantitative estimate of drug-likeness (QED) is 0.683. The van der Waals surface area contributed by atoms with Gasteiger partial charge in [-0.1, -0.05) is 34.1 Å². The van der Waals surface area contributed by atoms with Crippen LogP contribution in [0.2, 0.25) is 0 Å². The van der Waals surface area contributed by atoms with Crippen molar-refractivity contribution in [1.29, 1.82) is 0 Å². The van der Waals surface area contributed by atoms with Crippen molar-refractivity contribution in [3.8, 4) is 0 Å². The Kier molecular flexibility index (Phi) is 7.79. The van der Waals surface area contributed by atoms with E-state index in [0.29, 0.717) is 19.4 Å². The first-order chi connectivity index (χ1) is 11.6.